The highest BCUT2D eigenvalue weighted by Crippen LogP contribution is 2.47. The number of rotatable bonds is 3. The zero-order valence-corrected chi connectivity index (χ0v) is 17.2. The molecule has 0 bridgehead atoms. The molecule has 5 heteroatoms. The highest BCUT2D eigenvalue weighted by Gasteiger charge is 2.36. The van der Waals surface area contributed by atoms with Crippen molar-refractivity contribution in [3.8, 4) is 16.9 Å². The number of para-hydroxylation sites is 1. The van der Waals surface area contributed by atoms with E-state index in [1.54, 1.807) is 23.5 Å². The predicted molar refractivity (Wildman–Crippen MR) is 112 cm³/mol. The minimum absolute atomic E-state index is 0.282. The molecule has 4 rings (SSSR count). The number of ether oxygens (including phenoxy) is 1. The van der Waals surface area contributed by atoms with Gasteiger partial charge >= 0.3 is 0 Å². The SMILES string of the molecule is COc1c(C)cc(S(=O)(=O)N2c3ccccc3-c3ccccc3C2C)cc1C. The summed E-state index contributed by atoms with van der Waals surface area (Å²) in [6.45, 7) is 5.68. The number of methoxy groups -OCH3 is 1. The maximum absolute atomic E-state index is 13.8. The first kappa shape index (κ1) is 18.6. The molecule has 0 aromatic heterocycles. The van der Waals surface area contributed by atoms with E-state index < -0.39 is 10.0 Å². The van der Waals surface area contributed by atoms with E-state index in [0.717, 1.165) is 33.6 Å². The largest absolute Gasteiger partial charge is 0.496 e. The molecule has 1 aliphatic heterocycles. The van der Waals surface area contributed by atoms with Crippen LogP contribution in [-0.2, 0) is 10.0 Å². The molecule has 0 saturated carbocycles. The van der Waals surface area contributed by atoms with Gasteiger partial charge in [0.15, 0.2) is 0 Å². The number of benzene rings is 3. The normalized spacial score (nSPS) is 15.7. The number of hydrogen-bond acceptors (Lipinski definition) is 3. The van der Waals surface area contributed by atoms with Gasteiger partial charge in [0.05, 0.1) is 23.7 Å². The van der Waals surface area contributed by atoms with Gasteiger partial charge < -0.3 is 4.74 Å². The summed E-state index contributed by atoms with van der Waals surface area (Å²) in [5.74, 6) is 0.719. The molecule has 0 fully saturated rings. The van der Waals surface area contributed by atoms with Gasteiger partial charge in [-0.05, 0) is 61.2 Å². The fourth-order valence-electron chi connectivity index (χ4n) is 4.17. The van der Waals surface area contributed by atoms with Crippen molar-refractivity contribution in [1.82, 2.24) is 0 Å². The Balaban J connectivity index is 1.94. The predicted octanol–water partition coefficient (Wildman–Crippen LogP) is 5.25. The topological polar surface area (TPSA) is 46.6 Å². The Morgan fingerprint density at radius 3 is 2.11 bits per heavy atom. The molecular weight excluding hydrogens is 370 g/mol. The van der Waals surface area contributed by atoms with Crippen LogP contribution in [0.15, 0.2) is 65.6 Å². The second-order valence-corrected chi connectivity index (χ2v) is 8.99. The summed E-state index contributed by atoms with van der Waals surface area (Å²) >= 11 is 0. The Kier molecular flexibility index (Phi) is 4.42. The number of aryl methyl sites for hydroxylation is 2. The number of nitrogens with zero attached hydrogens (tertiary/aromatic N) is 1. The number of anilines is 1. The van der Waals surface area contributed by atoms with Crippen LogP contribution in [0.4, 0.5) is 5.69 Å². The van der Waals surface area contributed by atoms with Crippen LogP contribution in [0.3, 0.4) is 0 Å². The summed E-state index contributed by atoms with van der Waals surface area (Å²) in [4.78, 5) is 0.282. The first-order valence-electron chi connectivity index (χ1n) is 9.24. The van der Waals surface area contributed by atoms with Crippen molar-refractivity contribution in [3.05, 3.63) is 77.4 Å². The summed E-state index contributed by atoms with van der Waals surface area (Å²) in [5, 5.41) is 0. The summed E-state index contributed by atoms with van der Waals surface area (Å²) in [5.41, 5.74) is 5.34. The van der Waals surface area contributed by atoms with Crippen LogP contribution in [0, 0.1) is 13.8 Å². The molecule has 0 radical (unpaired) electrons. The van der Waals surface area contributed by atoms with Crippen molar-refractivity contribution in [3.63, 3.8) is 0 Å². The molecule has 0 saturated heterocycles. The molecule has 0 amide bonds. The van der Waals surface area contributed by atoms with Gasteiger partial charge in [-0.1, -0.05) is 42.5 Å². The first-order valence-corrected chi connectivity index (χ1v) is 10.7. The van der Waals surface area contributed by atoms with Crippen LogP contribution < -0.4 is 9.04 Å². The van der Waals surface area contributed by atoms with Gasteiger partial charge in [0, 0.05) is 5.56 Å². The van der Waals surface area contributed by atoms with Gasteiger partial charge in [0.1, 0.15) is 5.75 Å². The minimum Gasteiger partial charge on any atom is -0.496 e. The highest BCUT2D eigenvalue weighted by atomic mass is 32.2. The summed E-state index contributed by atoms with van der Waals surface area (Å²) in [6.07, 6.45) is 0. The molecule has 0 aliphatic carbocycles. The van der Waals surface area contributed by atoms with Crippen molar-refractivity contribution in [2.75, 3.05) is 11.4 Å². The summed E-state index contributed by atoms with van der Waals surface area (Å²) < 4.78 is 34.5. The summed E-state index contributed by atoms with van der Waals surface area (Å²) in [6, 6.07) is 18.8. The maximum Gasteiger partial charge on any atom is 0.264 e. The van der Waals surface area contributed by atoms with Crippen molar-refractivity contribution < 1.29 is 13.2 Å². The Labute approximate surface area is 166 Å². The molecule has 1 atom stereocenters. The molecule has 0 N–H and O–H groups in total. The van der Waals surface area contributed by atoms with E-state index in [1.807, 2.05) is 63.2 Å². The lowest BCUT2D eigenvalue weighted by Gasteiger charge is -2.37. The fourth-order valence-corrected chi connectivity index (χ4v) is 5.99. The number of hydrogen-bond donors (Lipinski definition) is 0. The van der Waals surface area contributed by atoms with Crippen LogP contribution in [0.5, 0.6) is 5.75 Å². The van der Waals surface area contributed by atoms with E-state index in [4.69, 9.17) is 4.74 Å². The molecule has 1 unspecified atom stereocenters. The van der Waals surface area contributed by atoms with Gasteiger partial charge in [-0.15, -0.1) is 0 Å². The highest BCUT2D eigenvalue weighted by molar-refractivity contribution is 7.92. The van der Waals surface area contributed by atoms with E-state index >= 15 is 0 Å². The fraction of sp³-hybridized carbons (Fsp3) is 0.217. The Morgan fingerprint density at radius 2 is 1.46 bits per heavy atom. The molecule has 4 nitrogen and oxygen atoms in total. The van der Waals surface area contributed by atoms with Crippen molar-refractivity contribution >= 4 is 15.7 Å². The molecule has 1 heterocycles. The number of sulfonamides is 1. The first-order chi connectivity index (χ1) is 13.4. The Hall–Kier alpha value is -2.79. The molecule has 1 aliphatic rings. The average molecular weight is 394 g/mol. The van der Waals surface area contributed by atoms with E-state index in [0.29, 0.717) is 5.69 Å². The van der Waals surface area contributed by atoms with Gasteiger partial charge in [-0.3, -0.25) is 4.31 Å². The van der Waals surface area contributed by atoms with Crippen LogP contribution in [0.25, 0.3) is 11.1 Å². The van der Waals surface area contributed by atoms with Crippen molar-refractivity contribution in [2.24, 2.45) is 0 Å². The van der Waals surface area contributed by atoms with E-state index in [2.05, 4.69) is 6.07 Å². The van der Waals surface area contributed by atoms with E-state index in [-0.39, 0.29) is 10.9 Å². The standard InChI is InChI=1S/C23H23NO3S/c1-15-13-18(14-16(2)23(15)27-4)28(25,26)24-17(3)19-9-5-6-10-20(19)21-11-7-8-12-22(21)24/h5-14,17H,1-4H3. The molecule has 144 valence electrons. The third-order valence-corrected chi connectivity index (χ3v) is 7.25. The van der Waals surface area contributed by atoms with Crippen LogP contribution in [-0.4, -0.2) is 15.5 Å². The minimum atomic E-state index is -3.76. The molecule has 3 aromatic rings. The van der Waals surface area contributed by atoms with E-state index in [1.165, 1.54) is 0 Å². The lowest BCUT2D eigenvalue weighted by molar-refractivity contribution is 0.408. The second-order valence-electron chi connectivity index (χ2n) is 7.17. The zero-order valence-electron chi connectivity index (χ0n) is 16.4. The van der Waals surface area contributed by atoms with Gasteiger partial charge in [0.2, 0.25) is 0 Å². The van der Waals surface area contributed by atoms with E-state index in [9.17, 15) is 8.42 Å². The van der Waals surface area contributed by atoms with Gasteiger partial charge in [0.25, 0.3) is 10.0 Å². The summed E-state index contributed by atoms with van der Waals surface area (Å²) in [7, 11) is -2.16. The average Bonchev–Trinajstić information content (AvgIpc) is 2.68. The maximum atomic E-state index is 13.8. The number of fused-ring (bicyclic) bond motifs is 3. The molecule has 0 spiro atoms. The quantitative estimate of drug-likeness (QED) is 0.611. The van der Waals surface area contributed by atoms with Gasteiger partial charge in [-0.2, -0.15) is 0 Å². The lowest BCUT2D eigenvalue weighted by atomic mass is 9.90. The van der Waals surface area contributed by atoms with Gasteiger partial charge in [-0.25, -0.2) is 8.42 Å². The zero-order chi connectivity index (χ0) is 20.1. The monoisotopic (exact) mass is 393 g/mol. The van der Waals surface area contributed by atoms with Crippen LogP contribution >= 0.6 is 0 Å². The van der Waals surface area contributed by atoms with Crippen molar-refractivity contribution in [1.29, 1.82) is 0 Å². The Bertz CT molecular complexity index is 1140. The smallest absolute Gasteiger partial charge is 0.264 e. The van der Waals surface area contributed by atoms with Crippen molar-refractivity contribution in [2.45, 2.75) is 31.7 Å². The van der Waals surface area contributed by atoms with Crippen LogP contribution in [0.2, 0.25) is 0 Å². The third kappa shape index (κ3) is 2.69. The second kappa shape index (κ2) is 6.67. The third-order valence-electron chi connectivity index (χ3n) is 5.39. The molecule has 3 aromatic carbocycles. The molecule has 28 heavy (non-hydrogen) atoms. The molecular formula is C23H23NO3S. The lowest BCUT2D eigenvalue weighted by Crippen LogP contribution is -2.36. The Morgan fingerprint density at radius 1 is 0.893 bits per heavy atom. The van der Waals surface area contributed by atoms with Crippen LogP contribution in [0.1, 0.15) is 29.7 Å².